The van der Waals surface area contributed by atoms with Crippen LogP contribution in [-0.2, 0) is 11.0 Å². The molecule has 0 amide bonds. The summed E-state index contributed by atoms with van der Waals surface area (Å²) in [5.41, 5.74) is -3.24. The van der Waals surface area contributed by atoms with Crippen molar-refractivity contribution in [3.63, 3.8) is 0 Å². The van der Waals surface area contributed by atoms with Gasteiger partial charge in [0.1, 0.15) is 5.56 Å². The molecule has 0 radical (unpaired) electrons. The van der Waals surface area contributed by atoms with Crippen LogP contribution in [0.2, 0.25) is 0 Å². The smallest absolute Gasteiger partial charge is 0.423 e. The van der Waals surface area contributed by atoms with Gasteiger partial charge in [0.2, 0.25) is 0 Å². The first-order valence-corrected chi connectivity index (χ1v) is 5.39. The Bertz CT molecular complexity index is 569. The molecule has 5 nitrogen and oxygen atoms in total. The van der Waals surface area contributed by atoms with Gasteiger partial charge in [0.15, 0.2) is 0 Å². The quantitative estimate of drug-likeness (QED) is 0.519. The summed E-state index contributed by atoms with van der Waals surface area (Å²) >= 11 is 2.81. The fourth-order valence-corrected chi connectivity index (χ4v) is 1.81. The molecule has 1 rings (SSSR count). The number of nitrogens with zero attached hydrogens (tertiary/aromatic N) is 1. The molecule has 0 fully saturated rings. The number of halogens is 4. The lowest BCUT2D eigenvalue weighted by molar-refractivity contribution is -0.388. The molecule has 0 heterocycles. The lowest BCUT2D eigenvalue weighted by Gasteiger charge is -2.12. The van der Waals surface area contributed by atoms with Crippen LogP contribution >= 0.6 is 15.9 Å². The normalized spacial score (nSPS) is 11.8. The second-order valence-corrected chi connectivity index (χ2v) is 4.14. The predicted molar refractivity (Wildman–Crippen MR) is 62.5 cm³/mol. The third-order valence-corrected chi connectivity index (χ3v) is 2.73. The van der Waals surface area contributed by atoms with E-state index >= 15 is 0 Å². The molecule has 0 atom stereocenters. The van der Waals surface area contributed by atoms with E-state index in [9.17, 15) is 28.1 Å². The summed E-state index contributed by atoms with van der Waals surface area (Å²) in [6, 6.07) is 1.75. The van der Waals surface area contributed by atoms with Crippen molar-refractivity contribution in [3.8, 4) is 0 Å². The topological polar surface area (TPSA) is 80.4 Å². The van der Waals surface area contributed by atoms with E-state index in [1.54, 1.807) is 0 Å². The first kappa shape index (κ1) is 15.2. The van der Waals surface area contributed by atoms with Crippen LogP contribution in [0.25, 0.3) is 6.08 Å². The number of aliphatic carboxylic acids is 1. The van der Waals surface area contributed by atoms with E-state index < -0.39 is 33.9 Å². The summed E-state index contributed by atoms with van der Waals surface area (Å²) in [6.45, 7) is 0. The van der Waals surface area contributed by atoms with Crippen LogP contribution in [0.3, 0.4) is 0 Å². The molecule has 0 aliphatic rings. The second kappa shape index (κ2) is 5.39. The zero-order valence-electron chi connectivity index (χ0n) is 8.94. The number of alkyl halides is 3. The Hall–Kier alpha value is -1.90. The average molecular weight is 340 g/mol. The van der Waals surface area contributed by atoms with Crippen molar-refractivity contribution in [1.29, 1.82) is 0 Å². The second-order valence-electron chi connectivity index (χ2n) is 3.28. The van der Waals surface area contributed by atoms with Crippen LogP contribution in [0.1, 0.15) is 11.1 Å². The Morgan fingerprint density at radius 2 is 2.00 bits per heavy atom. The summed E-state index contributed by atoms with van der Waals surface area (Å²) in [5, 5.41) is 19.0. The molecule has 0 aromatic heterocycles. The van der Waals surface area contributed by atoms with Crippen LogP contribution in [-0.4, -0.2) is 16.0 Å². The van der Waals surface area contributed by atoms with Crippen molar-refractivity contribution in [2.75, 3.05) is 0 Å². The molecule has 102 valence electrons. The first-order chi connectivity index (χ1) is 8.64. The minimum atomic E-state index is -4.98. The van der Waals surface area contributed by atoms with Gasteiger partial charge in [0.25, 0.3) is 5.69 Å². The highest BCUT2D eigenvalue weighted by Gasteiger charge is 2.41. The Kier molecular flexibility index (Phi) is 4.30. The minimum absolute atomic E-state index is 0.0945. The summed E-state index contributed by atoms with van der Waals surface area (Å²) in [6.07, 6.45) is -3.86. The van der Waals surface area contributed by atoms with Gasteiger partial charge in [-0.15, -0.1) is 0 Å². The third-order valence-electron chi connectivity index (χ3n) is 2.04. The molecular weight excluding hydrogens is 335 g/mol. The lowest BCUT2D eigenvalue weighted by Crippen LogP contribution is -2.11. The van der Waals surface area contributed by atoms with Crippen LogP contribution in [0.5, 0.6) is 0 Å². The Balaban J connectivity index is 3.63. The monoisotopic (exact) mass is 339 g/mol. The van der Waals surface area contributed by atoms with E-state index in [0.29, 0.717) is 18.2 Å². The average Bonchev–Trinajstić information content (AvgIpc) is 2.24. The molecule has 0 saturated heterocycles. The van der Waals surface area contributed by atoms with Gasteiger partial charge in [-0.05, 0) is 12.1 Å². The number of nitro benzene ring substituents is 1. The van der Waals surface area contributed by atoms with Gasteiger partial charge in [-0.25, -0.2) is 4.79 Å². The number of nitro groups is 1. The van der Waals surface area contributed by atoms with Crippen molar-refractivity contribution in [3.05, 3.63) is 43.9 Å². The predicted octanol–water partition coefficient (Wildman–Crippen LogP) is 3.47. The molecule has 0 unspecified atom stereocenters. The van der Waals surface area contributed by atoms with E-state index in [1.807, 2.05) is 0 Å². The van der Waals surface area contributed by atoms with E-state index in [0.717, 1.165) is 6.07 Å². The zero-order valence-corrected chi connectivity index (χ0v) is 10.5. The van der Waals surface area contributed by atoms with Gasteiger partial charge in [-0.3, -0.25) is 10.1 Å². The zero-order chi connectivity index (χ0) is 14.8. The molecule has 1 N–H and O–H groups in total. The number of hydrogen-bond donors (Lipinski definition) is 1. The molecule has 0 saturated carbocycles. The Labute approximate surface area is 112 Å². The highest BCUT2D eigenvalue weighted by molar-refractivity contribution is 9.10. The number of rotatable bonds is 3. The van der Waals surface area contributed by atoms with Crippen molar-refractivity contribution in [1.82, 2.24) is 0 Å². The maximum absolute atomic E-state index is 12.9. The van der Waals surface area contributed by atoms with Crippen LogP contribution in [0, 0.1) is 10.1 Å². The highest BCUT2D eigenvalue weighted by atomic mass is 79.9. The molecule has 0 bridgehead atoms. The molecule has 0 aliphatic heterocycles. The molecule has 0 aliphatic carbocycles. The van der Waals surface area contributed by atoms with Gasteiger partial charge < -0.3 is 5.11 Å². The van der Waals surface area contributed by atoms with E-state index in [1.165, 1.54) is 0 Å². The van der Waals surface area contributed by atoms with E-state index in [2.05, 4.69) is 15.9 Å². The maximum atomic E-state index is 12.9. The SMILES string of the molecule is O=C(O)/C=C/c1c(Br)ccc([N+](=O)[O-])c1C(F)(F)F. The highest BCUT2D eigenvalue weighted by Crippen LogP contribution is 2.41. The van der Waals surface area contributed by atoms with E-state index in [4.69, 9.17) is 5.11 Å². The van der Waals surface area contributed by atoms with Crippen LogP contribution in [0.4, 0.5) is 18.9 Å². The van der Waals surface area contributed by atoms with Crippen molar-refractivity contribution in [2.24, 2.45) is 0 Å². The van der Waals surface area contributed by atoms with Gasteiger partial charge in [-0.2, -0.15) is 13.2 Å². The summed E-state index contributed by atoms with van der Waals surface area (Å²) in [7, 11) is 0. The van der Waals surface area contributed by atoms with Crippen molar-refractivity contribution < 1.29 is 28.0 Å². The molecule has 0 spiro atoms. The standard InChI is InChI=1S/C10H5BrF3NO4/c11-6-2-3-7(15(18)19)9(10(12,13)14)5(6)1-4-8(16)17/h1-4H,(H,16,17)/b4-1+. The molecular formula is C10H5BrF3NO4. The molecule has 1 aromatic rings. The third kappa shape index (κ3) is 3.53. The summed E-state index contributed by atoms with van der Waals surface area (Å²) in [4.78, 5) is 19.8. The van der Waals surface area contributed by atoms with E-state index in [-0.39, 0.29) is 4.47 Å². The number of carbonyl (C=O) groups is 1. The number of hydrogen-bond acceptors (Lipinski definition) is 3. The fourth-order valence-electron chi connectivity index (χ4n) is 1.35. The fraction of sp³-hybridized carbons (Fsp3) is 0.100. The largest absolute Gasteiger partial charge is 0.478 e. The Morgan fingerprint density at radius 1 is 1.42 bits per heavy atom. The summed E-state index contributed by atoms with van der Waals surface area (Å²) in [5.74, 6) is -1.47. The maximum Gasteiger partial charge on any atom is 0.423 e. The van der Waals surface area contributed by atoms with Crippen LogP contribution < -0.4 is 0 Å². The minimum Gasteiger partial charge on any atom is -0.478 e. The molecule has 9 heteroatoms. The molecule has 1 aromatic carbocycles. The summed E-state index contributed by atoms with van der Waals surface area (Å²) < 4.78 is 38.5. The van der Waals surface area contributed by atoms with Gasteiger partial charge in [0.05, 0.1) is 4.92 Å². The molecule has 19 heavy (non-hydrogen) atoms. The van der Waals surface area contributed by atoms with Crippen molar-refractivity contribution >= 4 is 33.7 Å². The number of carboxylic acid groups (broad SMARTS) is 1. The van der Waals surface area contributed by atoms with Gasteiger partial charge >= 0.3 is 12.1 Å². The lowest BCUT2D eigenvalue weighted by atomic mass is 10.0. The first-order valence-electron chi connectivity index (χ1n) is 4.59. The van der Waals surface area contributed by atoms with Gasteiger partial charge in [0, 0.05) is 22.2 Å². The number of carboxylic acids is 1. The van der Waals surface area contributed by atoms with Crippen molar-refractivity contribution in [2.45, 2.75) is 6.18 Å². The van der Waals surface area contributed by atoms with Gasteiger partial charge in [-0.1, -0.05) is 15.9 Å². The van der Waals surface area contributed by atoms with Crippen LogP contribution in [0.15, 0.2) is 22.7 Å². The number of benzene rings is 1. The Morgan fingerprint density at radius 3 is 2.42 bits per heavy atom.